The van der Waals surface area contributed by atoms with Gasteiger partial charge in [-0.25, -0.2) is 4.79 Å². The molecule has 8 heteroatoms. The monoisotopic (exact) mass is 381 g/mol. The Kier molecular flexibility index (Phi) is 6.21. The van der Waals surface area contributed by atoms with Gasteiger partial charge in [0.2, 0.25) is 5.90 Å². The minimum absolute atomic E-state index is 0.185. The summed E-state index contributed by atoms with van der Waals surface area (Å²) in [6.07, 6.45) is 0.797. The van der Waals surface area contributed by atoms with Crippen molar-refractivity contribution in [1.82, 2.24) is 19.8 Å². The Labute approximate surface area is 163 Å². The van der Waals surface area contributed by atoms with Crippen molar-refractivity contribution in [1.29, 1.82) is 0 Å². The fourth-order valence-electron chi connectivity index (χ4n) is 2.71. The number of tetrazole rings is 1. The fraction of sp³-hybridized carbons (Fsp3) is 0.300. The van der Waals surface area contributed by atoms with E-state index < -0.39 is 0 Å². The molecule has 28 heavy (non-hydrogen) atoms. The van der Waals surface area contributed by atoms with E-state index >= 15 is 0 Å². The Balaban J connectivity index is 1.62. The molecule has 3 rings (SSSR count). The first-order valence-electron chi connectivity index (χ1n) is 8.97. The van der Waals surface area contributed by atoms with Crippen molar-refractivity contribution >= 4 is 5.90 Å². The van der Waals surface area contributed by atoms with E-state index in [1.165, 1.54) is 14.9 Å². The third kappa shape index (κ3) is 4.64. The zero-order valence-electron chi connectivity index (χ0n) is 16.2. The maximum Gasteiger partial charge on any atom is 0.368 e. The van der Waals surface area contributed by atoms with Crippen molar-refractivity contribution in [2.45, 2.75) is 26.9 Å². The van der Waals surface area contributed by atoms with Gasteiger partial charge in [0.05, 0.1) is 12.3 Å². The molecule has 0 aliphatic rings. The highest BCUT2D eigenvalue weighted by Gasteiger charge is 2.13. The molecule has 1 heterocycles. The molecular formula is C20H23N5O3. The Morgan fingerprint density at radius 2 is 1.89 bits per heavy atom. The molecule has 0 amide bonds. The number of benzene rings is 2. The van der Waals surface area contributed by atoms with E-state index in [2.05, 4.69) is 27.7 Å². The topological polar surface area (TPSA) is 83.5 Å². The maximum atomic E-state index is 12.2. The largest absolute Gasteiger partial charge is 0.478 e. The summed E-state index contributed by atoms with van der Waals surface area (Å²) >= 11 is 0. The lowest BCUT2D eigenvalue weighted by atomic mass is 10.1. The third-order valence-electron chi connectivity index (χ3n) is 4.28. The highest BCUT2D eigenvalue weighted by atomic mass is 16.6. The first kappa shape index (κ1) is 19.3. The van der Waals surface area contributed by atoms with Crippen LogP contribution in [0.5, 0.6) is 0 Å². The number of nitrogens with zero attached hydrogens (tertiary/aromatic N) is 5. The second-order valence-corrected chi connectivity index (χ2v) is 6.34. The number of oxime groups is 1. The van der Waals surface area contributed by atoms with Gasteiger partial charge in [0.15, 0.2) is 0 Å². The molecule has 0 N–H and O–H groups in total. The van der Waals surface area contributed by atoms with Gasteiger partial charge in [0, 0.05) is 26.0 Å². The van der Waals surface area contributed by atoms with E-state index in [1.54, 1.807) is 20.0 Å². The van der Waals surface area contributed by atoms with Crippen molar-refractivity contribution in [3.05, 3.63) is 75.7 Å². The van der Waals surface area contributed by atoms with E-state index in [-0.39, 0.29) is 12.3 Å². The van der Waals surface area contributed by atoms with E-state index in [0.717, 1.165) is 17.5 Å². The quantitative estimate of drug-likeness (QED) is 0.356. The number of hydrogen-bond donors (Lipinski definition) is 0. The smallest absolute Gasteiger partial charge is 0.368 e. The molecule has 0 bridgehead atoms. The van der Waals surface area contributed by atoms with Gasteiger partial charge < -0.3 is 9.57 Å². The average molecular weight is 381 g/mol. The van der Waals surface area contributed by atoms with Crippen molar-refractivity contribution in [2.24, 2.45) is 12.2 Å². The molecule has 1 aromatic heterocycles. The van der Waals surface area contributed by atoms with Gasteiger partial charge in [-0.15, -0.1) is 0 Å². The molecule has 8 nitrogen and oxygen atoms in total. The lowest BCUT2D eigenvalue weighted by Gasteiger charge is -2.11. The molecule has 0 aliphatic carbocycles. The van der Waals surface area contributed by atoms with Crippen LogP contribution in [0, 0.1) is 6.92 Å². The Bertz CT molecular complexity index is 1010. The highest BCUT2D eigenvalue weighted by Crippen LogP contribution is 2.18. The van der Waals surface area contributed by atoms with Crippen LogP contribution in [0.4, 0.5) is 0 Å². The van der Waals surface area contributed by atoms with E-state index in [4.69, 9.17) is 9.57 Å². The molecule has 146 valence electrons. The van der Waals surface area contributed by atoms with Crippen LogP contribution in [0.25, 0.3) is 5.69 Å². The minimum atomic E-state index is -0.323. The second-order valence-electron chi connectivity index (χ2n) is 6.34. The number of ether oxygens (including phenoxy) is 1. The first-order valence-corrected chi connectivity index (χ1v) is 8.97. The Morgan fingerprint density at radius 3 is 2.61 bits per heavy atom. The summed E-state index contributed by atoms with van der Waals surface area (Å²) in [5, 5.41) is 11.7. The van der Waals surface area contributed by atoms with Gasteiger partial charge in [0.25, 0.3) is 0 Å². The SMILES string of the molecule is CC(=NOCc1c(C)cccc1-n1nnn(C)c1=O)OCCc1ccccc1. The first-order chi connectivity index (χ1) is 13.6. The van der Waals surface area contributed by atoms with Crippen molar-refractivity contribution in [2.75, 3.05) is 6.61 Å². The van der Waals surface area contributed by atoms with Crippen LogP contribution in [-0.4, -0.2) is 32.3 Å². The Hall–Kier alpha value is -3.42. The second kappa shape index (κ2) is 8.98. The van der Waals surface area contributed by atoms with Gasteiger partial charge in [-0.1, -0.05) is 47.6 Å². The van der Waals surface area contributed by atoms with Crippen molar-refractivity contribution in [3.63, 3.8) is 0 Å². The number of aromatic nitrogens is 4. The van der Waals surface area contributed by atoms with Crippen molar-refractivity contribution in [3.8, 4) is 5.69 Å². The summed E-state index contributed by atoms with van der Waals surface area (Å²) in [6, 6.07) is 15.7. The fourth-order valence-corrected chi connectivity index (χ4v) is 2.71. The van der Waals surface area contributed by atoms with Crippen LogP contribution < -0.4 is 5.69 Å². The average Bonchev–Trinajstić information content (AvgIpc) is 3.02. The van der Waals surface area contributed by atoms with Gasteiger partial charge in [-0.05, 0) is 34.5 Å². The summed E-state index contributed by atoms with van der Waals surface area (Å²) in [5.41, 5.74) is 3.28. The zero-order chi connectivity index (χ0) is 19.9. The van der Waals surface area contributed by atoms with Crippen LogP contribution in [-0.2, 0) is 29.6 Å². The molecule has 2 aromatic carbocycles. The maximum absolute atomic E-state index is 12.2. The molecule has 0 fully saturated rings. The molecular weight excluding hydrogens is 358 g/mol. The van der Waals surface area contributed by atoms with E-state index in [9.17, 15) is 4.79 Å². The van der Waals surface area contributed by atoms with Crippen LogP contribution in [0.2, 0.25) is 0 Å². The number of aryl methyl sites for hydroxylation is 2. The lowest BCUT2D eigenvalue weighted by molar-refractivity contribution is 0.118. The molecule has 0 spiro atoms. The molecule has 0 saturated carbocycles. The number of rotatable bonds is 7. The molecule has 0 aliphatic heterocycles. The molecule has 0 radical (unpaired) electrons. The summed E-state index contributed by atoms with van der Waals surface area (Å²) in [5.74, 6) is 0.447. The van der Waals surface area contributed by atoms with Gasteiger partial charge in [-0.2, -0.15) is 9.36 Å². The highest BCUT2D eigenvalue weighted by molar-refractivity contribution is 5.72. The molecule has 0 saturated heterocycles. The summed E-state index contributed by atoms with van der Waals surface area (Å²) < 4.78 is 8.02. The summed E-state index contributed by atoms with van der Waals surface area (Å²) in [7, 11) is 1.55. The van der Waals surface area contributed by atoms with E-state index in [0.29, 0.717) is 18.2 Å². The van der Waals surface area contributed by atoms with E-state index in [1.807, 2.05) is 37.3 Å². The number of hydrogen-bond acceptors (Lipinski definition) is 6. The zero-order valence-corrected chi connectivity index (χ0v) is 16.2. The standard InChI is InChI=1S/C20H23N5O3/c1-15-8-7-11-19(25-20(26)24(3)22-23-25)18(15)14-28-21-16(2)27-13-12-17-9-5-4-6-10-17/h4-11H,12-14H2,1-3H3. The molecule has 0 atom stereocenters. The van der Waals surface area contributed by atoms with Crippen LogP contribution in [0.1, 0.15) is 23.6 Å². The van der Waals surface area contributed by atoms with Gasteiger partial charge >= 0.3 is 5.69 Å². The lowest BCUT2D eigenvalue weighted by Crippen LogP contribution is -2.23. The van der Waals surface area contributed by atoms with Gasteiger partial charge in [-0.3, -0.25) is 0 Å². The molecule has 0 unspecified atom stereocenters. The normalized spacial score (nSPS) is 11.5. The Morgan fingerprint density at radius 1 is 1.11 bits per heavy atom. The summed E-state index contributed by atoms with van der Waals surface area (Å²) in [4.78, 5) is 17.6. The van der Waals surface area contributed by atoms with Crippen LogP contribution in [0.15, 0.2) is 58.5 Å². The predicted molar refractivity (Wildman–Crippen MR) is 105 cm³/mol. The third-order valence-corrected chi connectivity index (χ3v) is 4.28. The minimum Gasteiger partial charge on any atom is -0.478 e. The van der Waals surface area contributed by atoms with Crippen LogP contribution >= 0.6 is 0 Å². The van der Waals surface area contributed by atoms with Crippen molar-refractivity contribution < 1.29 is 9.57 Å². The van der Waals surface area contributed by atoms with Crippen LogP contribution in [0.3, 0.4) is 0 Å². The summed E-state index contributed by atoms with van der Waals surface area (Å²) in [6.45, 7) is 4.39. The molecule has 3 aromatic rings. The predicted octanol–water partition coefficient (Wildman–Crippen LogP) is 2.38. The van der Waals surface area contributed by atoms with Gasteiger partial charge in [0.1, 0.15) is 6.61 Å².